The minimum absolute atomic E-state index is 0.0149. The van der Waals surface area contributed by atoms with Crippen molar-refractivity contribution in [2.45, 2.75) is 49.7 Å². The lowest BCUT2D eigenvalue weighted by Gasteiger charge is -2.29. The van der Waals surface area contributed by atoms with E-state index in [0.717, 1.165) is 17.8 Å². The maximum absolute atomic E-state index is 12.8. The molecule has 1 aliphatic carbocycles. The van der Waals surface area contributed by atoms with Crippen LogP contribution in [0, 0.1) is 12.8 Å². The topological polar surface area (TPSA) is 76.1 Å². The Morgan fingerprint density at radius 3 is 2.47 bits per heavy atom. The third-order valence-corrected chi connectivity index (χ3v) is 7.20. The van der Waals surface area contributed by atoms with Crippen molar-refractivity contribution in [1.29, 1.82) is 0 Å². The Morgan fingerprint density at radius 1 is 1.13 bits per heavy atom. The molecule has 1 aliphatic rings. The zero-order chi connectivity index (χ0) is 21.9. The number of nitrogens with zero attached hydrogens (tertiary/aromatic N) is 1. The summed E-state index contributed by atoms with van der Waals surface area (Å²) in [6.07, 6.45) is -0.392. The van der Waals surface area contributed by atoms with Crippen LogP contribution < -0.4 is 5.32 Å². The highest BCUT2D eigenvalue weighted by molar-refractivity contribution is 7.91. The second-order valence-corrected chi connectivity index (χ2v) is 9.78. The van der Waals surface area contributed by atoms with Gasteiger partial charge in [0.25, 0.3) is 5.91 Å². The number of rotatable bonds is 5. The van der Waals surface area contributed by atoms with E-state index in [4.69, 9.17) is 0 Å². The molecule has 0 radical (unpaired) electrons. The fraction of sp³-hybridized carbons (Fsp3) is 0.429. The molecule has 1 N–H and O–H groups in total. The first-order valence-corrected chi connectivity index (χ1v) is 11.3. The Kier molecular flexibility index (Phi) is 6.50. The van der Waals surface area contributed by atoms with Crippen LogP contribution in [0.5, 0.6) is 0 Å². The summed E-state index contributed by atoms with van der Waals surface area (Å²) in [5.41, 5.74) is -0.235. The number of halogens is 3. The first kappa shape index (κ1) is 22.3. The fourth-order valence-electron chi connectivity index (χ4n) is 3.68. The van der Waals surface area contributed by atoms with Crippen molar-refractivity contribution in [2.75, 3.05) is 5.75 Å². The van der Waals surface area contributed by atoms with E-state index in [0.29, 0.717) is 36.8 Å². The zero-order valence-electron chi connectivity index (χ0n) is 16.4. The van der Waals surface area contributed by atoms with Crippen LogP contribution in [0.15, 0.2) is 47.6 Å². The second-order valence-electron chi connectivity index (χ2n) is 7.75. The van der Waals surface area contributed by atoms with Gasteiger partial charge >= 0.3 is 6.18 Å². The predicted octanol–water partition coefficient (Wildman–Crippen LogP) is 4.17. The summed E-state index contributed by atoms with van der Waals surface area (Å²) in [7, 11) is -3.39. The van der Waals surface area contributed by atoms with Gasteiger partial charge in [0, 0.05) is 18.4 Å². The second kappa shape index (κ2) is 8.75. The molecule has 0 bridgehead atoms. The number of sulfone groups is 1. The standard InChI is InChI=1S/C21H23F3N2O3S/c1-14-3-2-4-19(9-14)30(28,29)13-15-5-7-18(8-6-15)26-20(27)16-10-17(12-25-11-16)21(22,23)24/h2-4,9-12,15,18H,5-8,13H2,1H3,(H,26,27). The van der Waals surface area contributed by atoms with Crippen LogP contribution in [0.1, 0.15) is 47.2 Å². The number of aryl methyl sites for hydroxylation is 1. The van der Waals surface area contributed by atoms with Crippen LogP contribution in [0.4, 0.5) is 13.2 Å². The highest BCUT2D eigenvalue weighted by atomic mass is 32.2. The number of aromatic nitrogens is 1. The van der Waals surface area contributed by atoms with Gasteiger partial charge in [0.05, 0.1) is 21.8 Å². The maximum atomic E-state index is 12.8. The van der Waals surface area contributed by atoms with Crippen molar-refractivity contribution in [2.24, 2.45) is 5.92 Å². The first-order valence-electron chi connectivity index (χ1n) is 9.67. The van der Waals surface area contributed by atoms with Crippen LogP contribution in [-0.4, -0.2) is 31.1 Å². The number of benzene rings is 1. The Labute approximate surface area is 173 Å². The van der Waals surface area contributed by atoms with Crippen LogP contribution in [-0.2, 0) is 16.0 Å². The van der Waals surface area contributed by atoms with Crippen molar-refractivity contribution in [1.82, 2.24) is 10.3 Å². The summed E-state index contributed by atoms with van der Waals surface area (Å²) in [4.78, 5) is 16.1. The minimum atomic E-state index is -4.57. The molecule has 1 aromatic heterocycles. The zero-order valence-corrected chi connectivity index (χ0v) is 17.3. The van der Waals surface area contributed by atoms with Gasteiger partial charge in [0.2, 0.25) is 0 Å². The number of hydrogen-bond donors (Lipinski definition) is 1. The number of pyridine rings is 1. The van der Waals surface area contributed by atoms with Crippen molar-refractivity contribution in [3.63, 3.8) is 0 Å². The van der Waals surface area contributed by atoms with Gasteiger partial charge in [-0.3, -0.25) is 9.78 Å². The van der Waals surface area contributed by atoms with Crippen molar-refractivity contribution >= 4 is 15.7 Å². The lowest BCUT2D eigenvalue weighted by Crippen LogP contribution is -2.38. The molecular formula is C21H23F3N2O3S. The number of carbonyl (C=O) groups excluding carboxylic acids is 1. The summed E-state index contributed by atoms with van der Waals surface area (Å²) in [5.74, 6) is -0.572. The number of amides is 1. The van der Waals surface area contributed by atoms with Gasteiger partial charge in [-0.25, -0.2) is 8.42 Å². The van der Waals surface area contributed by atoms with Gasteiger partial charge in [-0.1, -0.05) is 12.1 Å². The third kappa shape index (κ3) is 5.59. The van der Waals surface area contributed by atoms with Crippen LogP contribution in [0.3, 0.4) is 0 Å². The van der Waals surface area contributed by atoms with Gasteiger partial charge in [-0.05, 0) is 62.3 Å². The van der Waals surface area contributed by atoms with Gasteiger partial charge in [0.15, 0.2) is 9.84 Å². The Morgan fingerprint density at radius 2 is 1.83 bits per heavy atom. The maximum Gasteiger partial charge on any atom is 0.417 e. The summed E-state index contributed by atoms with van der Waals surface area (Å²) >= 11 is 0. The van der Waals surface area contributed by atoms with E-state index in [1.807, 2.05) is 13.0 Å². The number of carbonyl (C=O) groups is 1. The monoisotopic (exact) mass is 440 g/mol. The number of nitrogens with one attached hydrogen (secondary N) is 1. The third-order valence-electron chi connectivity index (χ3n) is 5.31. The summed E-state index contributed by atoms with van der Waals surface area (Å²) in [6, 6.07) is 7.39. The molecule has 3 rings (SSSR count). The van der Waals surface area contributed by atoms with Crippen LogP contribution >= 0.6 is 0 Å². The van der Waals surface area contributed by atoms with Crippen molar-refractivity contribution in [3.8, 4) is 0 Å². The number of hydrogen-bond acceptors (Lipinski definition) is 4. The average molecular weight is 440 g/mol. The van der Waals surface area contributed by atoms with E-state index in [2.05, 4.69) is 10.3 Å². The quantitative estimate of drug-likeness (QED) is 0.757. The molecule has 5 nitrogen and oxygen atoms in total. The molecule has 30 heavy (non-hydrogen) atoms. The molecule has 0 aliphatic heterocycles. The summed E-state index contributed by atoms with van der Waals surface area (Å²) < 4.78 is 63.7. The van der Waals surface area contributed by atoms with Gasteiger partial charge < -0.3 is 5.32 Å². The molecule has 2 aromatic rings. The largest absolute Gasteiger partial charge is 0.417 e. The lowest BCUT2D eigenvalue weighted by molar-refractivity contribution is -0.137. The molecule has 1 fully saturated rings. The van der Waals surface area contributed by atoms with Gasteiger partial charge in [-0.2, -0.15) is 13.2 Å². The highest BCUT2D eigenvalue weighted by Crippen LogP contribution is 2.30. The minimum Gasteiger partial charge on any atom is -0.349 e. The molecule has 1 aromatic carbocycles. The van der Waals surface area contributed by atoms with Gasteiger partial charge in [-0.15, -0.1) is 0 Å². The molecule has 162 valence electrons. The van der Waals surface area contributed by atoms with E-state index in [1.165, 1.54) is 0 Å². The van der Waals surface area contributed by atoms with E-state index in [9.17, 15) is 26.4 Å². The van der Waals surface area contributed by atoms with E-state index >= 15 is 0 Å². The normalized spacial score (nSPS) is 20.0. The molecule has 1 saturated carbocycles. The summed E-state index contributed by atoms with van der Waals surface area (Å²) in [5, 5.41) is 2.74. The Bertz CT molecular complexity index is 1010. The lowest BCUT2D eigenvalue weighted by atomic mass is 9.87. The SMILES string of the molecule is Cc1cccc(S(=O)(=O)CC2CCC(NC(=O)c3cncc(C(F)(F)F)c3)CC2)c1. The molecule has 1 amide bonds. The van der Waals surface area contributed by atoms with Crippen LogP contribution in [0.2, 0.25) is 0 Å². The molecule has 0 unspecified atom stereocenters. The van der Waals surface area contributed by atoms with Crippen molar-refractivity contribution in [3.05, 3.63) is 59.4 Å². The molecule has 0 atom stereocenters. The summed E-state index contributed by atoms with van der Waals surface area (Å²) in [6.45, 7) is 1.84. The smallest absolute Gasteiger partial charge is 0.349 e. The van der Waals surface area contributed by atoms with E-state index < -0.39 is 27.5 Å². The van der Waals surface area contributed by atoms with E-state index in [-0.39, 0.29) is 23.3 Å². The first-order chi connectivity index (χ1) is 14.0. The number of alkyl halides is 3. The fourth-order valence-corrected chi connectivity index (χ4v) is 5.47. The van der Waals surface area contributed by atoms with Gasteiger partial charge in [0.1, 0.15) is 0 Å². The highest BCUT2D eigenvalue weighted by Gasteiger charge is 2.32. The predicted molar refractivity (Wildman–Crippen MR) is 106 cm³/mol. The molecule has 0 spiro atoms. The molecule has 9 heteroatoms. The average Bonchev–Trinajstić information content (AvgIpc) is 2.69. The Hall–Kier alpha value is -2.42. The molecule has 0 saturated heterocycles. The molecular weight excluding hydrogens is 417 g/mol. The van der Waals surface area contributed by atoms with Crippen LogP contribution in [0.25, 0.3) is 0 Å². The van der Waals surface area contributed by atoms with Crippen molar-refractivity contribution < 1.29 is 26.4 Å². The molecule has 1 heterocycles. The van der Waals surface area contributed by atoms with E-state index in [1.54, 1.807) is 18.2 Å². The Balaban J connectivity index is 1.55.